The Kier molecular flexibility index (Phi) is 8.93. The molecule has 1 saturated carbocycles. The van der Waals surface area contributed by atoms with Crippen molar-refractivity contribution in [3.63, 3.8) is 0 Å². The highest BCUT2D eigenvalue weighted by Crippen LogP contribution is 2.34. The van der Waals surface area contributed by atoms with Gasteiger partial charge < -0.3 is 10.5 Å². The molecule has 0 aromatic heterocycles. The van der Waals surface area contributed by atoms with E-state index in [1.165, 1.54) is 32.1 Å². The summed E-state index contributed by atoms with van der Waals surface area (Å²) in [4.78, 5) is 14.2. The van der Waals surface area contributed by atoms with Crippen molar-refractivity contribution in [2.45, 2.75) is 65.3 Å². The zero-order valence-corrected chi connectivity index (χ0v) is 14.1. The van der Waals surface area contributed by atoms with Crippen LogP contribution in [0.15, 0.2) is 0 Å². The molecule has 0 bridgehead atoms. The maximum Gasteiger partial charge on any atom is 0.320 e. The van der Waals surface area contributed by atoms with Crippen molar-refractivity contribution >= 4 is 5.97 Å². The second-order valence-corrected chi connectivity index (χ2v) is 6.31. The van der Waals surface area contributed by atoms with Crippen LogP contribution in [0.4, 0.5) is 0 Å². The predicted molar refractivity (Wildman–Crippen MR) is 87.1 cm³/mol. The lowest BCUT2D eigenvalue weighted by Gasteiger charge is -2.42. The zero-order chi connectivity index (χ0) is 15.7. The number of ether oxygens (including phenoxy) is 1. The van der Waals surface area contributed by atoms with Gasteiger partial charge in [0.15, 0.2) is 0 Å². The third kappa shape index (κ3) is 5.95. The number of carbonyl (C=O) groups excluding carboxylic acids is 1. The van der Waals surface area contributed by atoms with Crippen molar-refractivity contribution < 1.29 is 9.53 Å². The summed E-state index contributed by atoms with van der Waals surface area (Å²) in [6.07, 6.45) is 7.30. The topological polar surface area (TPSA) is 55.6 Å². The molecule has 1 aliphatic carbocycles. The Morgan fingerprint density at radius 1 is 1.24 bits per heavy atom. The molecule has 1 fully saturated rings. The van der Waals surface area contributed by atoms with E-state index in [4.69, 9.17) is 10.5 Å². The van der Waals surface area contributed by atoms with Gasteiger partial charge in [0, 0.05) is 6.04 Å². The molecular weight excluding hydrogens is 264 g/mol. The molecule has 3 unspecified atom stereocenters. The maximum atomic E-state index is 11.9. The van der Waals surface area contributed by atoms with Gasteiger partial charge in [0.25, 0.3) is 0 Å². The Morgan fingerprint density at radius 2 is 2.00 bits per heavy atom. The average Bonchev–Trinajstić information content (AvgIpc) is 2.47. The second kappa shape index (κ2) is 10.2. The van der Waals surface area contributed by atoms with Crippen LogP contribution in [0.5, 0.6) is 0 Å². The smallest absolute Gasteiger partial charge is 0.320 e. The largest absolute Gasteiger partial charge is 0.465 e. The molecule has 124 valence electrons. The number of carbonyl (C=O) groups is 1. The Balaban J connectivity index is 2.71. The first-order valence-electron chi connectivity index (χ1n) is 8.75. The van der Waals surface area contributed by atoms with Gasteiger partial charge in [0.05, 0.1) is 13.2 Å². The van der Waals surface area contributed by atoms with Crippen molar-refractivity contribution in [1.82, 2.24) is 4.90 Å². The number of rotatable bonds is 9. The minimum Gasteiger partial charge on any atom is -0.465 e. The van der Waals surface area contributed by atoms with E-state index in [0.29, 0.717) is 25.1 Å². The van der Waals surface area contributed by atoms with Gasteiger partial charge in [-0.25, -0.2) is 0 Å². The van der Waals surface area contributed by atoms with Gasteiger partial charge in [0.1, 0.15) is 0 Å². The summed E-state index contributed by atoms with van der Waals surface area (Å²) in [6.45, 7) is 8.85. The van der Waals surface area contributed by atoms with Crippen LogP contribution in [-0.2, 0) is 9.53 Å². The lowest BCUT2D eigenvalue weighted by atomic mass is 9.76. The van der Waals surface area contributed by atoms with Crippen LogP contribution in [-0.4, -0.2) is 43.2 Å². The number of esters is 1. The normalized spacial score (nSPS) is 26.0. The van der Waals surface area contributed by atoms with Gasteiger partial charge in [0.2, 0.25) is 0 Å². The van der Waals surface area contributed by atoms with Crippen molar-refractivity contribution in [3.05, 3.63) is 0 Å². The summed E-state index contributed by atoms with van der Waals surface area (Å²) in [5.41, 5.74) is 5.99. The van der Waals surface area contributed by atoms with E-state index in [-0.39, 0.29) is 5.97 Å². The minimum absolute atomic E-state index is 0.0978. The standard InChI is InChI=1S/C17H34N2O2/c1-4-7-14-8-9-15(12-18)16(11-14)19(10-5-2)13-17(20)21-6-3/h14-16H,4-13,18H2,1-3H3. The summed E-state index contributed by atoms with van der Waals surface area (Å²) in [6, 6.07) is 0.449. The predicted octanol–water partition coefficient (Wildman–Crippen LogP) is 2.81. The lowest BCUT2D eigenvalue weighted by molar-refractivity contribution is -0.145. The van der Waals surface area contributed by atoms with E-state index in [1.54, 1.807) is 0 Å². The van der Waals surface area contributed by atoms with Crippen LogP contribution in [0, 0.1) is 11.8 Å². The molecule has 4 nitrogen and oxygen atoms in total. The summed E-state index contributed by atoms with van der Waals surface area (Å²) >= 11 is 0. The average molecular weight is 298 g/mol. The SMILES string of the molecule is CCCC1CCC(CN)C(N(CCC)CC(=O)OCC)C1. The first-order valence-corrected chi connectivity index (χ1v) is 8.75. The minimum atomic E-state index is -0.0978. The lowest BCUT2D eigenvalue weighted by Crippen LogP contribution is -2.49. The summed E-state index contributed by atoms with van der Waals surface area (Å²) < 4.78 is 5.14. The fourth-order valence-electron chi connectivity index (χ4n) is 3.71. The van der Waals surface area contributed by atoms with Crippen molar-refractivity contribution in [1.29, 1.82) is 0 Å². The summed E-state index contributed by atoms with van der Waals surface area (Å²) in [5.74, 6) is 1.22. The highest BCUT2D eigenvalue weighted by molar-refractivity contribution is 5.71. The molecule has 0 aromatic rings. The number of nitrogens with zero attached hydrogens (tertiary/aromatic N) is 1. The first kappa shape index (κ1) is 18.4. The van der Waals surface area contributed by atoms with Crippen LogP contribution in [0.25, 0.3) is 0 Å². The van der Waals surface area contributed by atoms with Crippen molar-refractivity contribution in [2.24, 2.45) is 17.6 Å². The van der Waals surface area contributed by atoms with Gasteiger partial charge in [-0.1, -0.05) is 33.1 Å². The van der Waals surface area contributed by atoms with Crippen LogP contribution >= 0.6 is 0 Å². The van der Waals surface area contributed by atoms with E-state index >= 15 is 0 Å². The molecule has 4 heteroatoms. The van der Waals surface area contributed by atoms with Gasteiger partial charge >= 0.3 is 5.97 Å². The van der Waals surface area contributed by atoms with Crippen LogP contribution in [0.1, 0.15) is 59.3 Å². The molecule has 0 aliphatic heterocycles. The fraction of sp³-hybridized carbons (Fsp3) is 0.941. The van der Waals surface area contributed by atoms with Crippen molar-refractivity contribution in [3.8, 4) is 0 Å². The van der Waals surface area contributed by atoms with E-state index in [1.807, 2.05) is 6.92 Å². The summed E-state index contributed by atoms with van der Waals surface area (Å²) in [5, 5.41) is 0. The molecule has 21 heavy (non-hydrogen) atoms. The van der Waals surface area contributed by atoms with Gasteiger partial charge in [-0.2, -0.15) is 0 Å². The Bertz CT molecular complexity index is 297. The maximum absolute atomic E-state index is 11.9. The quantitative estimate of drug-likeness (QED) is 0.665. The molecular formula is C17H34N2O2. The molecule has 0 amide bonds. The van der Waals surface area contributed by atoms with Crippen LogP contribution in [0.3, 0.4) is 0 Å². The summed E-state index contributed by atoms with van der Waals surface area (Å²) in [7, 11) is 0. The van der Waals surface area contributed by atoms with Crippen molar-refractivity contribution in [2.75, 3.05) is 26.2 Å². The number of hydrogen-bond donors (Lipinski definition) is 1. The third-order valence-electron chi connectivity index (χ3n) is 4.68. The molecule has 0 saturated heterocycles. The van der Waals surface area contributed by atoms with E-state index in [0.717, 1.165) is 25.4 Å². The first-order chi connectivity index (χ1) is 10.2. The Labute approximate surface area is 130 Å². The van der Waals surface area contributed by atoms with E-state index in [2.05, 4.69) is 18.7 Å². The highest BCUT2D eigenvalue weighted by Gasteiger charge is 2.33. The molecule has 1 rings (SSSR count). The van der Waals surface area contributed by atoms with Crippen LogP contribution in [0.2, 0.25) is 0 Å². The highest BCUT2D eigenvalue weighted by atomic mass is 16.5. The monoisotopic (exact) mass is 298 g/mol. The molecule has 0 heterocycles. The van der Waals surface area contributed by atoms with Gasteiger partial charge in [-0.15, -0.1) is 0 Å². The van der Waals surface area contributed by atoms with E-state index in [9.17, 15) is 4.79 Å². The molecule has 0 spiro atoms. The molecule has 2 N–H and O–H groups in total. The molecule has 3 atom stereocenters. The Morgan fingerprint density at radius 3 is 2.57 bits per heavy atom. The molecule has 1 aliphatic rings. The zero-order valence-electron chi connectivity index (χ0n) is 14.1. The number of nitrogens with two attached hydrogens (primary N) is 1. The Hall–Kier alpha value is -0.610. The van der Waals surface area contributed by atoms with E-state index < -0.39 is 0 Å². The van der Waals surface area contributed by atoms with Crippen LogP contribution < -0.4 is 5.73 Å². The van der Waals surface area contributed by atoms with Gasteiger partial charge in [-0.3, -0.25) is 9.69 Å². The third-order valence-corrected chi connectivity index (χ3v) is 4.68. The molecule has 0 radical (unpaired) electrons. The second-order valence-electron chi connectivity index (χ2n) is 6.31. The molecule has 0 aromatic carbocycles. The van der Waals surface area contributed by atoms with Gasteiger partial charge in [-0.05, 0) is 51.1 Å². The number of hydrogen-bond acceptors (Lipinski definition) is 4. The fourth-order valence-corrected chi connectivity index (χ4v) is 3.71.